The first-order valence-electron chi connectivity index (χ1n) is 6.73. The minimum atomic E-state index is 0.173. The molecule has 0 saturated heterocycles. The molecule has 1 atom stereocenters. The van der Waals surface area contributed by atoms with Crippen molar-refractivity contribution in [1.29, 1.82) is 0 Å². The standard InChI is InChI=1S/C14H30N2O/c1-11(2)15-9-7-8-13(17)16-10-12(3)14(4,5)6/h11-12,15H,7-10H2,1-6H3,(H,16,17). The van der Waals surface area contributed by atoms with E-state index in [-0.39, 0.29) is 11.3 Å². The molecule has 1 unspecified atom stereocenters. The molecular weight excluding hydrogens is 212 g/mol. The van der Waals surface area contributed by atoms with Crippen LogP contribution in [0.4, 0.5) is 0 Å². The highest BCUT2D eigenvalue weighted by atomic mass is 16.1. The fraction of sp³-hybridized carbons (Fsp3) is 0.929. The Hall–Kier alpha value is -0.570. The van der Waals surface area contributed by atoms with E-state index in [1.54, 1.807) is 0 Å². The van der Waals surface area contributed by atoms with E-state index in [1.807, 2.05) is 0 Å². The summed E-state index contributed by atoms with van der Waals surface area (Å²) in [6.45, 7) is 14.7. The summed E-state index contributed by atoms with van der Waals surface area (Å²) in [7, 11) is 0. The van der Waals surface area contributed by atoms with E-state index in [0.29, 0.717) is 18.4 Å². The molecule has 0 saturated carbocycles. The van der Waals surface area contributed by atoms with E-state index in [4.69, 9.17) is 0 Å². The third-order valence-electron chi connectivity index (χ3n) is 3.22. The van der Waals surface area contributed by atoms with Crippen LogP contribution >= 0.6 is 0 Å². The van der Waals surface area contributed by atoms with Crippen LogP contribution < -0.4 is 10.6 Å². The molecule has 0 radical (unpaired) electrons. The van der Waals surface area contributed by atoms with Crippen LogP contribution in [0, 0.1) is 11.3 Å². The van der Waals surface area contributed by atoms with Crippen LogP contribution in [-0.4, -0.2) is 25.0 Å². The Bertz CT molecular complexity index is 219. The van der Waals surface area contributed by atoms with Crippen LogP contribution in [0.2, 0.25) is 0 Å². The van der Waals surface area contributed by atoms with Crippen LogP contribution in [0.5, 0.6) is 0 Å². The Morgan fingerprint density at radius 1 is 1.18 bits per heavy atom. The molecule has 0 aromatic rings. The Kier molecular flexibility index (Phi) is 7.44. The second-order valence-electron chi connectivity index (χ2n) is 6.28. The molecule has 17 heavy (non-hydrogen) atoms. The molecule has 0 aliphatic heterocycles. The Balaban J connectivity index is 3.60. The van der Waals surface area contributed by atoms with Crippen molar-refractivity contribution < 1.29 is 4.79 Å². The molecule has 0 spiro atoms. The molecule has 0 fully saturated rings. The van der Waals surface area contributed by atoms with Gasteiger partial charge >= 0.3 is 0 Å². The van der Waals surface area contributed by atoms with Gasteiger partial charge in [0.05, 0.1) is 0 Å². The van der Waals surface area contributed by atoms with Crippen molar-refractivity contribution in [3.05, 3.63) is 0 Å². The van der Waals surface area contributed by atoms with E-state index in [9.17, 15) is 4.79 Å². The van der Waals surface area contributed by atoms with E-state index < -0.39 is 0 Å². The van der Waals surface area contributed by atoms with Gasteiger partial charge in [-0.2, -0.15) is 0 Å². The van der Waals surface area contributed by atoms with Gasteiger partial charge in [0.1, 0.15) is 0 Å². The lowest BCUT2D eigenvalue weighted by atomic mass is 9.82. The van der Waals surface area contributed by atoms with Gasteiger partial charge in [-0.3, -0.25) is 4.79 Å². The number of amides is 1. The molecule has 1 amide bonds. The summed E-state index contributed by atoms with van der Waals surface area (Å²) in [6, 6.07) is 0.499. The largest absolute Gasteiger partial charge is 0.356 e. The van der Waals surface area contributed by atoms with Crippen molar-refractivity contribution in [3.8, 4) is 0 Å². The van der Waals surface area contributed by atoms with Crippen molar-refractivity contribution in [2.45, 2.75) is 60.4 Å². The van der Waals surface area contributed by atoms with Crippen LogP contribution in [0.15, 0.2) is 0 Å². The quantitative estimate of drug-likeness (QED) is 0.674. The van der Waals surface area contributed by atoms with E-state index in [0.717, 1.165) is 19.5 Å². The van der Waals surface area contributed by atoms with Crippen LogP contribution in [-0.2, 0) is 4.79 Å². The number of rotatable bonds is 7. The second-order valence-corrected chi connectivity index (χ2v) is 6.28. The van der Waals surface area contributed by atoms with Gasteiger partial charge in [0.15, 0.2) is 0 Å². The average molecular weight is 242 g/mol. The number of carbonyl (C=O) groups excluding carboxylic acids is 1. The van der Waals surface area contributed by atoms with Gasteiger partial charge in [-0.1, -0.05) is 41.5 Å². The molecule has 0 bridgehead atoms. The molecule has 0 rings (SSSR count). The van der Waals surface area contributed by atoms with Gasteiger partial charge in [0, 0.05) is 19.0 Å². The highest BCUT2D eigenvalue weighted by Gasteiger charge is 2.20. The highest BCUT2D eigenvalue weighted by molar-refractivity contribution is 5.75. The third kappa shape index (κ3) is 9.16. The molecule has 0 aromatic heterocycles. The molecule has 102 valence electrons. The fourth-order valence-electron chi connectivity index (χ4n) is 1.30. The van der Waals surface area contributed by atoms with Crippen LogP contribution in [0.1, 0.15) is 54.4 Å². The normalized spacial score (nSPS) is 13.8. The van der Waals surface area contributed by atoms with Gasteiger partial charge in [0.2, 0.25) is 5.91 Å². The first kappa shape index (κ1) is 16.4. The first-order valence-corrected chi connectivity index (χ1v) is 6.73. The highest BCUT2D eigenvalue weighted by Crippen LogP contribution is 2.24. The molecule has 3 heteroatoms. The van der Waals surface area contributed by atoms with Gasteiger partial charge in [-0.05, 0) is 24.3 Å². The summed E-state index contributed by atoms with van der Waals surface area (Å²) in [6.07, 6.45) is 1.53. The van der Waals surface area contributed by atoms with Crippen molar-refractivity contribution in [2.24, 2.45) is 11.3 Å². The predicted molar refractivity (Wildman–Crippen MR) is 74.0 cm³/mol. The maximum atomic E-state index is 11.6. The average Bonchev–Trinajstić information content (AvgIpc) is 2.19. The zero-order valence-corrected chi connectivity index (χ0v) is 12.4. The molecule has 3 nitrogen and oxygen atoms in total. The monoisotopic (exact) mass is 242 g/mol. The molecule has 0 aliphatic carbocycles. The topological polar surface area (TPSA) is 41.1 Å². The van der Waals surface area contributed by atoms with Gasteiger partial charge in [-0.25, -0.2) is 0 Å². The zero-order valence-electron chi connectivity index (χ0n) is 12.4. The second kappa shape index (κ2) is 7.70. The molecular formula is C14H30N2O. The zero-order chi connectivity index (χ0) is 13.5. The van der Waals surface area contributed by atoms with Crippen LogP contribution in [0.3, 0.4) is 0 Å². The SMILES string of the molecule is CC(C)NCCCC(=O)NCC(C)C(C)(C)C. The summed E-state index contributed by atoms with van der Waals surface area (Å²) in [5.41, 5.74) is 0.256. The first-order chi connectivity index (χ1) is 7.73. The summed E-state index contributed by atoms with van der Waals surface area (Å²) in [5, 5.41) is 6.32. The molecule has 0 heterocycles. The third-order valence-corrected chi connectivity index (χ3v) is 3.22. The predicted octanol–water partition coefficient (Wildman–Crippen LogP) is 2.56. The number of hydrogen-bond acceptors (Lipinski definition) is 2. The maximum absolute atomic E-state index is 11.6. The van der Waals surface area contributed by atoms with Gasteiger partial charge < -0.3 is 10.6 Å². The van der Waals surface area contributed by atoms with E-state index in [1.165, 1.54) is 0 Å². The fourth-order valence-corrected chi connectivity index (χ4v) is 1.30. The van der Waals surface area contributed by atoms with Crippen molar-refractivity contribution in [2.75, 3.05) is 13.1 Å². The molecule has 0 aromatic carbocycles. The number of carbonyl (C=O) groups is 1. The minimum Gasteiger partial charge on any atom is -0.356 e. The van der Waals surface area contributed by atoms with E-state index in [2.05, 4.69) is 52.2 Å². The van der Waals surface area contributed by atoms with E-state index >= 15 is 0 Å². The van der Waals surface area contributed by atoms with Gasteiger partial charge in [0.25, 0.3) is 0 Å². The smallest absolute Gasteiger partial charge is 0.220 e. The number of hydrogen-bond donors (Lipinski definition) is 2. The molecule has 2 N–H and O–H groups in total. The van der Waals surface area contributed by atoms with Crippen molar-refractivity contribution in [1.82, 2.24) is 10.6 Å². The Morgan fingerprint density at radius 3 is 2.24 bits per heavy atom. The molecule has 0 aliphatic rings. The minimum absolute atomic E-state index is 0.173. The Labute approximate surface area is 107 Å². The summed E-state index contributed by atoms with van der Waals surface area (Å²) >= 11 is 0. The van der Waals surface area contributed by atoms with Crippen molar-refractivity contribution >= 4 is 5.91 Å². The summed E-state index contributed by atoms with van der Waals surface area (Å²) in [5.74, 6) is 0.673. The maximum Gasteiger partial charge on any atom is 0.220 e. The lowest BCUT2D eigenvalue weighted by Gasteiger charge is -2.27. The Morgan fingerprint density at radius 2 is 1.76 bits per heavy atom. The summed E-state index contributed by atoms with van der Waals surface area (Å²) in [4.78, 5) is 11.6. The summed E-state index contributed by atoms with van der Waals surface area (Å²) < 4.78 is 0. The number of nitrogens with one attached hydrogen (secondary N) is 2. The lowest BCUT2D eigenvalue weighted by Crippen LogP contribution is -2.34. The van der Waals surface area contributed by atoms with Crippen molar-refractivity contribution in [3.63, 3.8) is 0 Å². The van der Waals surface area contributed by atoms with Crippen LogP contribution in [0.25, 0.3) is 0 Å². The van der Waals surface area contributed by atoms with Gasteiger partial charge in [-0.15, -0.1) is 0 Å². The lowest BCUT2D eigenvalue weighted by molar-refractivity contribution is -0.121.